The lowest BCUT2D eigenvalue weighted by atomic mass is 10.1. The lowest BCUT2D eigenvalue weighted by Gasteiger charge is -2.20. The molecule has 1 atom stereocenters. The molecule has 2 aromatic carbocycles. The average Bonchev–Trinajstić information content (AvgIpc) is 2.84. The Kier molecular flexibility index (Phi) is 4.62. The molecule has 0 amide bonds. The fraction of sp³-hybridized carbons (Fsp3) is 0.211. The molecule has 1 aromatic heterocycles. The summed E-state index contributed by atoms with van der Waals surface area (Å²) in [5, 5.41) is 12.5. The van der Waals surface area contributed by atoms with Crippen LogP contribution in [0.15, 0.2) is 53.7 Å². The fourth-order valence-corrected chi connectivity index (χ4v) is 3.12. The highest BCUT2D eigenvalue weighted by Gasteiger charge is 2.26. The third-order valence-electron chi connectivity index (χ3n) is 3.99. The summed E-state index contributed by atoms with van der Waals surface area (Å²) in [5.41, 5.74) is 3.42. The summed E-state index contributed by atoms with van der Waals surface area (Å²) in [5.74, 6) is 1.27. The van der Waals surface area contributed by atoms with Crippen LogP contribution in [0.5, 0.6) is 11.6 Å². The molecule has 2 heterocycles. The van der Waals surface area contributed by atoms with E-state index in [1.807, 2.05) is 61.7 Å². The molecule has 7 heteroatoms. The van der Waals surface area contributed by atoms with Gasteiger partial charge in [0.1, 0.15) is 5.75 Å². The van der Waals surface area contributed by atoms with E-state index in [0.29, 0.717) is 23.3 Å². The Balaban J connectivity index is 1.80. The van der Waals surface area contributed by atoms with Gasteiger partial charge in [0.15, 0.2) is 11.9 Å². The van der Waals surface area contributed by atoms with Crippen LogP contribution in [0, 0.1) is 0 Å². The maximum atomic E-state index is 6.21. The van der Waals surface area contributed by atoms with E-state index in [9.17, 15) is 0 Å². The van der Waals surface area contributed by atoms with Gasteiger partial charge >= 0.3 is 0 Å². The molecule has 132 valence electrons. The van der Waals surface area contributed by atoms with Crippen molar-refractivity contribution in [3.05, 3.63) is 54.1 Å². The second kappa shape index (κ2) is 7.21. The van der Waals surface area contributed by atoms with Gasteiger partial charge in [0, 0.05) is 16.8 Å². The number of ether oxygens (including phenoxy) is 2. The summed E-state index contributed by atoms with van der Waals surface area (Å²) in [6, 6.07) is 15.8. The quantitative estimate of drug-likeness (QED) is 0.695. The van der Waals surface area contributed by atoms with E-state index in [2.05, 4.69) is 20.5 Å². The predicted octanol–water partition coefficient (Wildman–Crippen LogP) is 4.16. The minimum absolute atomic E-state index is 0.413. The molecular formula is C19H18N4O2S. The molecule has 4 rings (SSSR count). The number of para-hydroxylation sites is 1. The maximum absolute atomic E-state index is 6.21. The van der Waals surface area contributed by atoms with Gasteiger partial charge in [0.05, 0.1) is 6.61 Å². The number of nitrogens with zero attached hydrogens (tertiary/aromatic N) is 3. The van der Waals surface area contributed by atoms with E-state index in [1.165, 1.54) is 11.8 Å². The van der Waals surface area contributed by atoms with Crippen LogP contribution in [0.2, 0.25) is 0 Å². The molecule has 1 aliphatic heterocycles. The Morgan fingerprint density at radius 2 is 2.04 bits per heavy atom. The minimum Gasteiger partial charge on any atom is -0.494 e. The molecule has 0 saturated heterocycles. The van der Waals surface area contributed by atoms with Gasteiger partial charge in [-0.3, -0.25) is 0 Å². The first-order valence-corrected chi connectivity index (χ1v) is 9.55. The molecule has 0 fully saturated rings. The number of thioether (sulfide) groups is 1. The second-order valence-electron chi connectivity index (χ2n) is 5.65. The highest BCUT2D eigenvalue weighted by atomic mass is 32.2. The van der Waals surface area contributed by atoms with Gasteiger partial charge in [-0.1, -0.05) is 42.1 Å². The Morgan fingerprint density at radius 3 is 2.88 bits per heavy atom. The molecule has 0 spiro atoms. The molecule has 0 bridgehead atoms. The van der Waals surface area contributed by atoms with E-state index < -0.39 is 6.23 Å². The zero-order valence-electron chi connectivity index (χ0n) is 14.5. The molecule has 0 saturated carbocycles. The van der Waals surface area contributed by atoms with E-state index >= 15 is 0 Å². The van der Waals surface area contributed by atoms with Crippen molar-refractivity contribution in [2.75, 3.05) is 18.2 Å². The third kappa shape index (κ3) is 3.17. The number of hydrogen-bond acceptors (Lipinski definition) is 7. The monoisotopic (exact) mass is 366 g/mol. The normalized spacial score (nSPS) is 15.1. The van der Waals surface area contributed by atoms with Gasteiger partial charge in [-0.15, -0.1) is 10.2 Å². The number of rotatable bonds is 4. The zero-order valence-corrected chi connectivity index (χ0v) is 15.3. The Hall–Kier alpha value is -2.80. The molecule has 6 nitrogen and oxygen atoms in total. The van der Waals surface area contributed by atoms with Gasteiger partial charge in [-0.05, 0) is 31.4 Å². The van der Waals surface area contributed by atoms with Crippen LogP contribution < -0.4 is 14.8 Å². The average molecular weight is 366 g/mol. The van der Waals surface area contributed by atoms with Crippen LogP contribution in [0.4, 0.5) is 5.69 Å². The SMILES string of the molecule is CCOc1cccc([C@H]2Nc3ccccc3-c3nnc(SC)nc3O2)c1. The van der Waals surface area contributed by atoms with Gasteiger partial charge in [0.25, 0.3) is 0 Å². The Bertz CT molecular complexity index is 935. The van der Waals surface area contributed by atoms with Crippen molar-refractivity contribution in [2.45, 2.75) is 18.3 Å². The van der Waals surface area contributed by atoms with E-state index in [0.717, 1.165) is 22.6 Å². The number of fused-ring (bicyclic) bond motifs is 3. The van der Waals surface area contributed by atoms with Crippen LogP contribution in [-0.4, -0.2) is 28.0 Å². The first kappa shape index (κ1) is 16.7. The first-order chi connectivity index (χ1) is 12.8. The molecule has 1 N–H and O–H groups in total. The molecule has 0 radical (unpaired) electrons. The number of nitrogens with one attached hydrogen (secondary N) is 1. The van der Waals surface area contributed by atoms with Gasteiger partial charge in [-0.2, -0.15) is 4.98 Å². The predicted molar refractivity (Wildman–Crippen MR) is 102 cm³/mol. The lowest BCUT2D eigenvalue weighted by molar-refractivity contribution is 0.224. The van der Waals surface area contributed by atoms with E-state index in [-0.39, 0.29) is 0 Å². The van der Waals surface area contributed by atoms with E-state index in [1.54, 1.807) is 0 Å². The Morgan fingerprint density at radius 1 is 1.15 bits per heavy atom. The summed E-state index contributed by atoms with van der Waals surface area (Å²) < 4.78 is 11.8. The van der Waals surface area contributed by atoms with Crippen molar-refractivity contribution in [1.82, 2.24) is 15.2 Å². The number of benzene rings is 2. The van der Waals surface area contributed by atoms with Crippen molar-refractivity contribution in [1.29, 1.82) is 0 Å². The van der Waals surface area contributed by atoms with Crippen LogP contribution >= 0.6 is 11.8 Å². The van der Waals surface area contributed by atoms with Crippen LogP contribution in [0.3, 0.4) is 0 Å². The number of hydrogen-bond donors (Lipinski definition) is 1. The standard InChI is InChI=1S/C19H18N4O2S/c1-3-24-13-8-6-7-12(11-13)17-20-15-10-5-4-9-14(15)16-18(25-17)21-19(26-2)23-22-16/h4-11,17,20H,3H2,1-2H3/t17-/m0/s1. The summed E-state index contributed by atoms with van der Waals surface area (Å²) in [7, 11) is 0. The van der Waals surface area contributed by atoms with Gasteiger partial charge in [-0.25, -0.2) is 0 Å². The molecule has 1 aliphatic rings. The third-order valence-corrected chi connectivity index (χ3v) is 4.53. The molecule has 26 heavy (non-hydrogen) atoms. The maximum Gasteiger partial charge on any atom is 0.247 e. The summed E-state index contributed by atoms with van der Waals surface area (Å²) in [6.07, 6.45) is 1.50. The fourth-order valence-electron chi connectivity index (χ4n) is 2.82. The van der Waals surface area contributed by atoms with Crippen LogP contribution in [0.1, 0.15) is 18.7 Å². The van der Waals surface area contributed by atoms with Gasteiger partial charge < -0.3 is 14.8 Å². The zero-order chi connectivity index (χ0) is 17.9. The van der Waals surface area contributed by atoms with E-state index in [4.69, 9.17) is 9.47 Å². The van der Waals surface area contributed by atoms with Crippen molar-refractivity contribution >= 4 is 17.4 Å². The second-order valence-corrected chi connectivity index (χ2v) is 6.42. The molecule has 3 aromatic rings. The van der Waals surface area contributed by atoms with Crippen LogP contribution in [-0.2, 0) is 0 Å². The summed E-state index contributed by atoms with van der Waals surface area (Å²) in [4.78, 5) is 4.52. The van der Waals surface area contributed by atoms with Gasteiger partial charge in [0.2, 0.25) is 11.0 Å². The largest absolute Gasteiger partial charge is 0.494 e. The topological polar surface area (TPSA) is 69.2 Å². The molecule has 0 unspecified atom stereocenters. The molecular weight excluding hydrogens is 348 g/mol. The Labute approximate surface area is 156 Å². The lowest BCUT2D eigenvalue weighted by Crippen LogP contribution is -2.17. The van der Waals surface area contributed by atoms with Crippen molar-refractivity contribution < 1.29 is 9.47 Å². The summed E-state index contributed by atoms with van der Waals surface area (Å²) >= 11 is 1.43. The summed E-state index contributed by atoms with van der Waals surface area (Å²) in [6.45, 7) is 2.58. The molecule has 0 aliphatic carbocycles. The number of aromatic nitrogens is 3. The first-order valence-electron chi connectivity index (χ1n) is 8.32. The van der Waals surface area contributed by atoms with Crippen molar-refractivity contribution in [3.8, 4) is 22.9 Å². The van der Waals surface area contributed by atoms with Crippen molar-refractivity contribution in [2.24, 2.45) is 0 Å². The smallest absolute Gasteiger partial charge is 0.247 e. The highest BCUT2D eigenvalue weighted by molar-refractivity contribution is 7.98. The number of anilines is 1. The van der Waals surface area contributed by atoms with Crippen LogP contribution in [0.25, 0.3) is 11.3 Å². The minimum atomic E-state index is -0.413. The highest BCUT2D eigenvalue weighted by Crippen LogP contribution is 2.39. The van der Waals surface area contributed by atoms with Crippen molar-refractivity contribution in [3.63, 3.8) is 0 Å².